The minimum atomic E-state index is -0.127. The number of amides is 1. The summed E-state index contributed by atoms with van der Waals surface area (Å²) in [6.45, 7) is 3.05. The molecule has 0 spiro atoms. The van der Waals surface area contributed by atoms with Gasteiger partial charge >= 0.3 is 0 Å². The molecule has 114 valence electrons. The number of rotatable bonds is 5. The van der Waals surface area contributed by atoms with Gasteiger partial charge in [-0.2, -0.15) is 4.99 Å². The molecular formula is C14H16Cl2N2O2S. The minimum Gasteiger partial charge on any atom is -0.383 e. The zero-order valence-corrected chi connectivity index (χ0v) is 14.2. The minimum absolute atomic E-state index is 0.127. The third-order valence-corrected chi connectivity index (χ3v) is 4.43. The maximum atomic E-state index is 11.8. The van der Waals surface area contributed by atoms with Gasteiger partial charge < -0.3 is 9.30 Å². The van der Waals surface area contributed by atoms with Crippen LogP contribution in [0.5, 0.6) is 0 Å². The Labute approximate surface area is 137 Å². The highest BCUT2D eigenvalue weighted by Crippen LogP contribution is 2.29. The fourth-order valence-corrected chi connectivity index (χ4v) is 3.84. The van der Waals surface area contributed by atoms with E-state index in [-0.39, 0.29) is 5.91 Å². The number of hydrogen-bond acceptors (Lipinski definition) is 3. The van der Waals surface area contributed by atoms with Crippen molar-refractivity contribution < 1.29 is 9.53 Å². The number of aromatic nitrogens is 1. The number of nitrogens with zero attached hydrogens (tertiary/aromatic N) is 2. The van der Waals surface area contributed by atoms with Crippen LogP contribution in [0.25, 0.3) is 10.2 Å². The van der Waals surface area contributed by atoms with Crippen molar-refractivity contribution in [2.45, 2.75) is 26.3 Å². The van der Waals surface area contributed by atoms with Crippen molar-refractivity contribution in [3.63, 3.8) is 0 Å². The van der Waals surface area contributed by atoms with Gasteiger partial charge in [0.2, 0.25) is 5.91 Å². The van der Waals surface area contributed by atoms with Crippen molar-refractivity contribution in [3.05, 3.63) is 27.0 Å². The molecule has 0 radical (unpaired) electrons. The highest BCUT2D eigenvalue weighted by molar-refractivity contribution is 7.16. The van der Waals surface area contributed by atoms with E-state index in [1.165, 1.54) is 11.3 Å². The van der Waals surface area contributed by atoms with Crippen LogP contribution in [0.1, 0.15) is 19.8 Å². The molecule has 7 heteroatoms. The highest BCUT2D eigenvalue weighted by Gasteiger charge is 2.12. The first-order valence-corrected chi connectivity index (χ1v) is 8.19. The Kier molecular flexibility index (Phi) is 5.81. The number of thiazole rings is 1. The first-order valence-electron chi connectivity index (χ1n) is 6.61. The second-order valence-electron chi connectivity index (χ2n) is 4.52. The van der Waals surface area contributed by atoms with Gasteiger partial charge in [0.25, 0.3) is 0 Å². The molecule has 0 saturated carbocycles. The topological polar surface area (TPSA) is 43.6 Å². The lowest BCUT2D eigenvalue weighted by molar-refractivity contribution is -0.118. The molecule has 4 nitrogen and oxygen atoms in total. The lowest BCUT2D eigenvalue weighted by Crippen LogP contribution is -2.19. The van der Waals surface area contributed by atoms with Crippen molar-refractivity contribution in [2.24, 2.45) is 4.99 Å². The number of carbonyl (C=O) groups excluding carboxylic acids is 1. The van der Waals surface area contributed by atoms with E-state index in [4.69, 9.17) is 27.9 Å². The van der Waals surface area contributed by atoms with Gasteiger partial charge in [-0.1, -0.05) is 41.5 Å². The summed E-state index contributed by atoms with van der Waals surface area (Å²) in [6.07, 6.45) is 1.21. The second-order valence-corrected chi connectivity index (χ2v) is 6.37. The summed E-state index contributed by atoms with van der Waals surface area (Å²) in [7, 11) is 1.63. The Morgan fingerprint density at radius 3 is 2.86 bits per heavy atom. The van der Waals surface area contributed by atoms with E-state index in [0.29, 0.717) is 34.4 Å². The Balaban J connectivity index is 2.63. The lowest BCUT2D eigenvalue weighted by atomic mass is 10.3. The van der Waals surface area contributed by atoms with E-state index in [2.05, 4.69) is 4.99 Å². The van der Waals surface area contributed by atoms with E-state index in [1.54, 1.807) is 13.2 Å². The Hall–Kier alpha value is -0.880. The summed E-state index contributed by atoms with van der Waals surface area (Å²) in [4.78, 5) is 16.6. The highest BCUT2D eigenvalue weighted by atomic mass is 35.5. The Morgan fingerprint density at radius 1 is 1.43 bits per heavy atom. The van der Waals surface area contributed by atoms with Gasteiger partial charge in [-0.15, -0.1) is 0 Å². The van der Waals surface area contributed by atoms with Crippen LogP contribution in [0.15, 0.2) is 17.1 Å². The molecule has 0 N–H and O–H groups in total. The molecule has 0 bridgehead atoms. The van der Waals surface area contributed by atoms with Crippen LogP contribution in [0.4, 0.5) is 0 Å². The number of fused-ring (bicyclic) bond motifs is 1. The SMILES string of the molecule is CCCC(=O)N=c1sc2cc(Cl)cc(Cl)c2n1CCOC. The van der Waals surface area contributed by atoms with Crippen molar-refractivity contribution in [1.82, 2.24) is 4.57 Å². The number of halogens is 2. The molecule has 1 aromatic carbocycles. The number of carbonyl (C=O) groups is 1. The monoisotopic (exact) mass is 346 g/mol. The van der Waals surface area contributed by atoms with Crippen LogP contribution in [0.2, 0.25) is 10.0 Å². The first kappa shape index (κ1) is 16.5. The maximum Gasteiger partial charge on any atom is 0.248 e. The molecular weight excluding hydrogens is 331 g/mol. The predicted octanol–water partition coefficient (Wildman–Crippen LogP) is 3.88. The van der Waals surface area contributed by atoms with Crippen LogP contribution >= 0.6 is 34.5 Å². The van der Waals surface area contributed by atoms with Gasteiger partial charge in [0, 0.05) is 25.1 Å². The number of ether oxygens (including phenoxy) is 1. The predicted molar refractivity (Wildman–Crippen MR) is 87.2 cm³/mol. The molecule has 0 aliphatic heterocycles. The fourth-order valence-electron chi connectivity index (χ4n) is 1.98. The third kappa shape index (κ3) is 3.86. The second kappa shape index (κ2) is 7.40. The Morgan fingerprint density at radius 2 is 2.19 bits per heavy atom. The summed E-state index contributed by atoms with van der Waals surface area (Å²) in [5.74, 6) is -0.127. The average molecular weight is 347 g/mol. The zero-order chi connectivity index (χ0) is 15.4. The normalized spacial score (nSPS) is 12.3. The molecule has 0 aliphatic rings. The van der Waals surface area contributed by atoms with E-state index in [9.17, 15) is 4.79 Å². The molecule has 2 rings (SSSR count). The van der Waals surface area contributed by atoms with Crippen molar-refractivity contribution in [3.8, 4) is 0 Å². The number of methoxy groups -OCH3 is 1. The van der Waals surface area contributed by atoms with Gasteiger partial charge in [0.1, 0.15) is 0 Å². The fraction of sp³-hybridized carbons (Fsp3) is 0.429. The van der Waals surface area contributed by atoms with Crippen LogP contribution in [-0.2, 0) is 16.1 Å². The van der Waals surface area contributed by atoms with E-state index in [0.717, 1.165) is 16.6 Å². The standard InChI is InChI=1S/C14H16Cl2N2O2S/c1-3-4-12(19)17-14-18(5-6-20-2)13-10(16)7-9(15)8-11(13)21-14/h7-8H,3-6H2,1-2H3. The maximum absolute atomic E-state index is 11.8. The number of benzene rings is 1. The van der Waals surface area contributed by atoms with Gasteiger partial charge in [-0.05, 0) is 18.6 Å². The summed E-state index contributed by atoms with van der Waals surface area (Å²) in [5, 5.41) is 1.12. The molecule has 0 atom stereocenters. The average Bonchev–Trinajstić information content (AvgIpc) is 2.73. The molecule has 1 heterocycles. The molecule has 0 unspecified atom stereocenters. The summed E-state index contributed by atoms with van der Waals surface area (Å²) in [6, 6.07) is 3.53. The van der Waals surface area contributed by atoms with Crippen molar-refractivity contribution >= 4 is 50.7 Å². The van der Waals surface area contributed by atoms with Crippen LogP contribution < -0.4 is 4.80 Å². The van der Waals surface area contributed by atoms with E-state index < -0.39 is 0 Å². The van der Waals surface area contributed by atoms with Gasteiger partial charge in [-0.25, -0.2) is 0 Å². The van der Waals surface area contributed by atoms with Crippen molar-refractivity contribution in [2.75, 3.05) is 13.7 Å². The van der Waals surface area contributed by atoms with Crippen LogP contribution in [-0.4, -0.2) is 24.2 Å². The summed E-state index contributed by atoms with van der Waals surface area (Å²) < 4.78 is 7.94. The molecule has 2 aromatic rings. The third-order valence-electron chi connectivity index (χ3n) is 2.90. The molecule has 21 heavy (non-hydrogen) atoms. The quantitative estimate of drug-likeness (QED) is 0.824. The smallest absolute Gasteiger partial charge is 0.248 e. The molecule has 0 saturated heterocycles. The summed E-state index contributed by atoms with van der Waals surface area (Å²) in [5.41, 5.74) is 0.839. The number of hydrogen-bond donors (Lipinski definition) is 0. The van der Waals surface area contributed by atoms with Crippen LogP contribution in [0, 0.1) is 0 Å². The first-order chi connectivity index (χ1) is 10.1. The Bertz CT molecular complexity index is 722. The molecule has 1 amide bonds. The largest absolute Gasteiger partial charge is 0.383 e. The molecule has 1 aromatic heterocycles. The van der Waals surface area contributed by atoms with Gasteiger partial charge in [-0.3, -0.25) is 4.79 Å². The van der Waals surface area contributed by atoms with E-state index >= 15 is 0 Å². The summed E-state index contributed by atoms with van der Waals surface area (Å²) >= 11 is 13.7. The lowest BCUT2D eigenvalue weighted by Gasteiger charge is -2.05. The van der Waals surface area contributed by atoms with Crippen LogP contribution in [0.3, 0.4) is 0 Å². The molecule has 0 fully saturated rings. The van der Waals surface area contributed by atoms with Gasteiger partial charge in [0.15, 0.2) is 4.80 Å². The molecule has 0 aliphatic carbocycles. The zero-order valence-electron chi connectivity index (χ0n) is 11.9. The van der Waals surface area contributed by atoms with Crippen molar-refractivity contribution in [1.29, 1.82) is 0 Å². The van der Waals surface area contributed by atoms with E-state index in [1.807, 2.05) is 17.6 Å². The van der Waals surface area contributed by atoms with Gasteiger partial charge in [0.05, 0.1) is 21.8 Å².